The van der Waals surface area contributed by atoms with Gasteiger partial charge in [-0.15, -0.1) is 0 Å². The number of ketones is 1. The Bertz CT molecular complexity index is 541. The molecule has 0 aliphatic rings. The van der Waals surface area contributed by atoms with Crippen LogP contribution in [-0.4, -0.2) is 5.78 Å². The zero-order valence-electron chi connectivity index (χ0n) is 10.9. The van der Waals surface area contributed by atoms with E-state index in [9.17, 15) is 4.79 Å². The molecule has 0 radical (unpaired) electrons. The van der Waals surface area contributed by atoms with Crippen LogP contribution in [0, 0.1) is 13.8 Å². The average molecular weight is 238 g/mol. The van der Waals surface area contributed by atoms with Crippen molar-refractivity contribution in [3.05, 3.63) is 70.8 Å². The molecular formula is C17H18O. The van der Waals surface area contributed by atoms with Crippen molar-refractivity contribution in [2.45, 2.75) is 26.7 Å². The van der Waals surface area contributed by atoms with Crippen LogP contribution in [0.15, 0.2) is 48.5 Å². The first-order valence-corrected chi connectivity index (χ1v) is 6.27. The molecule has 0 aliphatic carbocycles. The van der Waals surface area contributed by atoms with Crippen molar-refractivity contribution < 1.29 is 4.79 Å². The number of carbonyl (C=O) groups is 1. The largest absolute Gasteiger partial charge is 0.299 e. The number of hydrogen-bond acceptors (Lipinski definition) is 1. The molecule has 1 heteroatoms. The molecule has 0 saturated heterocycles. The molecule has 0 spiro atoms. The van der Waals surface area contributed by atoms with E-state index >= 15 is 0 Å². The molecule has 0 fully saturated rings. The Morgan fingerprint density at radius 2 is 1.61 bits per heavy atom. The summed E-state index contributed by atoms with van der Waals surface area (Å²) in [4.78, 5) is 12.0. The maximum atomic E-state index is 12.0. The molecule has 0 atom stereocenters. The van der Waals surface area contributed by atoms with E-state index < -0.39 is 0 Å². The molecular weight excluding hydrogens is 220 g/mol. The Labute approximate surface area is 108 Å². The van der Waals surface area contributed by atoms with E-state index in [-0.39, 0.29) is 5.78 Å². The summed E-state index contributed by atoms with van der Waals surface area (Å²) in [7, 11) is 0. The van der Waals surface area contributed by atoms with Gasteiger partial charge in [-0.3, -0.25) is 4.79 Å². The lowest BCUT2D eigenvalue weighted by Gasteiger charge is -2.07. The average Bonchev–Trinajstić information content (AvgIpc) is 2.36. The summed E-state index contributed by atoms with van der Waals surface area (Å²) in [5, 5.41) is 0. The highest BCUT2D eigenvalue weighted by molar-refractivity contribution is 5.83. The summed E-state index contributed by atoms with van der Waals surface area (Å²) in [6.07, 6.45) is 1.05. The van der Waals surface area contributed by atoms with Crippen molar-refractivity contribution in [3.8, 4) is 0 Å². The number of hydrogen-bond donors (Lipinski definition) is 0. The Balaban J connectivity index is 2.06. The van der Waals surface area contributed by atoms with Gasteiger partial charge in [-0.25, -0.2) is 0 Å². The first-order valence-electron chi connectivity index (χ1n) is 6.27. The predicted octanol–water partition coefficient (Wildman–Crippen LogP) is 3.66. The Morgan fingerprint density at radius 1 is 0.889 bits per heavy atom. The van der Waals surface area contributed by atoms with Gasteiger partial charge >= 0.3 is 0 Å². The molecule has 18 heavy (non-hydrogen) atoms. The highest BCUT2D eigenvalue weighted by Gasteiger charge is 2.07. The van der Waals surface area contributed by atoms with Gasteiger partial charge in [-0.2, -0.15) is 0 Å². The zero-order chi connectivity index (χ0) is 13.0. The van der Waals surface area contributed by atoms with Gasteiger partial charge in [0.1, 0.15) is 5.78 Å². The molecule has 0 bridgehead atoms. The van der Waals surface area contributed by atoms with Crippen molar-refractivity contribution in [3.63, 3.8) is 0 Å². The Hall–Kier alpha value is -1.89. The SMILES string of the molecule is Cc1cccc(CC(=O)Cc2ccccc2)c1C. The summed E-state index contributed by atoms with van der Waals surface area (Å²) in [5.74, 6) is 0.273. The van der Waals surface area contributed by atoms with Crippen LogP contribution in [0.3, 0.4) is 0 Å². The smallest absolute Gasteiger partial charge is 0.141 e. The van der Waals surface area contributed by atoms with Crippen molar-refractivity contribution in [2.75, 3.05) is 0 Å². The maximum Gasteiger partial charge on any atom is 0.141 e. The minimum absolute atomic E-state index is 0.273. The van der Waals surface area contributed by atoms with Crippen LogP contribution >= 0.6 is 0 Å². The van der Waals surface area contributed by atoms with E-state index in [2.05, 4.69) is 19.9 Å². The van der Waals surface area contributed by atoms with Gasteiger partial charge in [0, 0.05) is 12.8 Å². The van der Waals surface area contributed by atoms with Crippen LogP contribution in [-0.2, 0) is 17.6 Å². The van der Waals surface area contributed by atoms with Gasteiger partial charge in [0.25, 0.3) is 0 Å². The zero-order valence-corrected chi connectivity index (χ0v) is 10.9. The predicted molar refractivity (Wildman–Crippen MR) is 74.8 cm³/mol. The van der Waals surface area contributed by atoms with Gasteiger partial charge in [-0.05, 0) is 36.1 Å². The molecule has 0 amide bonds. The fourth-order valence-corrected chi connectivity index (χ4v) is 2.10. The molecule has 2 aromatic rings. The van der Waals surface area contributed by atoms with Crippen LogP contribution in [0.2, 0.25) is 0 Å². The van der Waals surface area contributed by atoms with Gasteiger partial charge in [0.15, 0.2) is 0 Å². The van der Waals surface area contributed by atoms with Crippen molar-refractivity contribution in [1.29, 1.82) is 0 Å². The van der Waals surface area contributed by atoms with Gasteiger partial charge < -0.3 is 0 Å². The summed E-state index contributed by atoms with van der Waals surface area (Å²) in [6, 6.07) is 16.1. The third-order valence-corrected chi connectivity index (χ3v) is 3.35. The fraction of sp³-hybridized carbons (Fsp3) is 0.235. The number of carbonyl (C=O) groups excluding carboxylic acids is 1. The van der Waals surface area contributed by atoms with Crippen LogP contribution in [0.4, 0.5) is 0 Å². The summed E-state index contributed by atoms with van der Waals surface area (Å²) in [6.45, 7) is 4.17. The van der Waals surface area contributed by atoms with Crippen LogP contribution in [0.1, 0.15) is 22.3 Å². The van der Waals surface area contributed by atoms with Gasteiger partial charge in [0.05, 0.1) is 0 Å². The lowest BCUT2D eigenvalue weighted by Crippen LogP contribution is -2.08. The second-order valence-corrected chi connectivity index (χ2v) is 4.74. The molecule has 0 aliphatic heterocycles. The molecule has 0 unspecified atom stereocenters. The second-order valence-electron chi connectivity index (χ2n) is 4.74. The van der Waals surface area contributed by atoms with E-state index in [1.54, 1.807) is 0 Å². The minimum atomic E-state index is 0.273. The van der Waals surface area contributed by atoms with E-state index in [0.29, 0.717) is 12.8 Å². The monoisotopic (exact) mass is 238 g/mol. The number of rotatable bonds is 4. The summed E-state index contributed by atoms with van der Waals surface area (Å²) in [5.41, 5.74) is 4.72. The highest BCUT2D eigenvalue weighted by Crippen LogP contribution is 2.14. The van der Waals surface area contributed by atoms with Crippen LogP contribution in [0.25, 0.3) is 0 Å². The van der Waals surface area contributed by atoms with Crippen molar-refractivity contribution in [1.82, 2.24) is 0 Å². The molecule has 2 rings (SSSR count). The van der Waals surface area contributed by atoms with Crippen LogP contribution in [0.5, 0.6) is 0 Å². The topological polar surface area (TPSA) is 17.1 Å². The molecule has 0 heterocycles. The van der Waals surface area contributed by atoms with Crippen molar-refractivity contribution >= 4 is 5.78 Å². The lowest BCUT2D eigenvalue weighted by atomic mass is 9.97. The number of aryl methyl sites for hydroxylation is 1. The first-order chi connectivity index (χ1) is 8.66. The lowest BCUT2D eigenvalue weighted by molar-refractivity contribution is -0.117. The molecule has 2 aromatic carbocycles. The van der Waals surface area contributed by atoms with Gasteiger partial charge in [-0.1, -0.05) is 48.5 Å². The molecule has 0 saturated carbocycles. The summed E-state index contributed by atoms with van der Waals surface area (Å²) < 4.78 is 0. The number of Topliss-reactive ketones (excluding diaryl/α,β-unsaturated/α-hetero) is 1. The Morgan fingerprint density at radius 3 is 2.33 bits per heavy atom. The quantitative estimate of drug-likeness (QED) is 0.794. The Kier molecular flexibility index (Phi) is 3.93. The van der Waals surface area contributed by atoms with E-state index in [0.717, 1.165) is 11.1 Å². The second kappa shape index (κ2) is 5.63. The third kappa shape index (κ3) is 3.07. The molecule has 1 nitrogen and oxygen atoms in total. The normalized spacial score (nSPS) is 10.3. The highest BCUT2D eigenvalue weighted by atomic mass is 16.1. The molecule has 0 aromatic heterocycles. The standard InChI is InChI=1S/C17H18O/c1-13-7-6-10-16(14(13)2)12-17(18)11-15-8-4-3-5-9-15/h3-10H,11-12H2,1-2H3. The van der Waals surface area contributed by atoms with Crippen molar-refractivity contribution in [2.24, 2.45) is 0 Å². The maximum absolute atomic E-state index is 12.0. The fourth-order valence-electron chi connectivity index (χ4n) is 2.10. The molecule has 92 valence electrons. The van der Waals surface area contributed by atoms with E-state index in [4.69, 9.17) is 0 Å². The van der Waals surface area contributed by atoms with E-state index in [1.807, 2.05) is 42.5 Å². The van der Waals surface area contributed by atoms with E-state index in [1.165, 1.54) is 11.1 Å². The molecule has 0 N–H and O–H groups in total. The third-order valence-electron chi connectivity index (χ3n) is 3.35. The first kappa shape index (κ1) is 12.6. The number of benzene rings is 2. The summed E-state index contributed by atoms with van der Waals surface area (Å²) >= 11 is 0. The van der Waals surface area contributed by atoms with Crippen LogP contribution < -0.4 is 0 Å². The minimum Gasteiger partial charge on any atom is -0.299 e. The van der Waals surface area contributed by atoms with Gasteiger partial charge in [0.2, 0.25) is 0 Å².